The van der Waals surface area contributed by atoms with E-state index in [4.69, 9.17) is 14.4 Å². The number of anilines is 2. The molecule has 0 unspecified atom stereocenters. The molecule has 2 aliphatic heterocycles. The molecule has 1 N–H and O–H groups in total. The lowest BCUT2D eigenvalue weighted by Crippen LogP contribution is -2.23. The Bertz CT molecular complexity index is 1350. The summed E-state index contributed by atoms with van der Waals surface area (Å²) in [5, 5.41) is 2.50. The number of nitrogens with zero attached hydrogens (tertiary/aromatic N) is 4. The van der Waals surface area contributed by atoms with Crippen LogP contribution in [0.4, 0.5) is 11.4 Å². The summed E-state index contributed by atoms with van der Waals surface area (Å²) < 4.78 is 6.43. The van der Waals surface area contributed by atoms with Gasteiger partial charge in [-0.1, -0.05) is 0 Å². The third kappa shape index (κ3) is 1.64. The summed E-state index contributed by atoms with van der Waals surface area (Å²) in [6.45, 7) is 2.02. The number of aromatic nitrogens is 3. The number of aromatic amines is 1. The molecule has 0 bridgehead atoms. The molecule has 28 heavy (non-hydrogen) atoms. The molecule has 2 aromatic carbocycles. The molecule has 0 atom stereocenters. The van der Waals surface area contributed by atoms with Crippen molar-refractivity contribution in [1.29, 1.82) is 0 Å². The number of likely N-dealkylation sites (N-methyl/N-ethyl adjacent to an activating group) is 2. The third-order valence-electron chi connectivity index (χ3n) is 6.54. The molecule has 6 nitrogen and oxygen atoms in total. The van der Waals surface area contributed by atoms with Gasteiger partial charge in [0.2, 0.25) is 0 Å². The first-order valence-corrected chi connectivity index (χ1v) is 9.79. The van der Waals surface area contributed by atoms with Crippen LogP contribution in [0.1, 0.15) is 11.1 Å². The third-order valence-corrected chi connectivity index (χ3v) is 6.54. The zero-order valence-corrected chi connectivity index (χ0v) is 15.8. The van der Waals surface area contributed by atoms with Crippen molar-refractivity contribution in [3.05, 3.63) is 35.7 Å². The predicted octanol–water partition coefficient (Wildman–Crippen LogP) is 4.00. The van der Waals surface area contributed by atoms with Crippen molar-refractivity contribution >= 4 is 55.4 Å². The lowest BCUT2D eigenvalue weighted by Gasteiger charge is -2.26. The van der Waals surface area contributed by atoms with Crippen molar-refractivity contribution in [3.63, 3.8) is 0 Å². The minimum absolute atomic E-state index is 0.796. The predicted molar refractivity (Wildman–Crippen MR) is 113 cm³/mol. The summed E-state index contributed by atoms with van der Waals surface area (Å²) in [7, 11) is 4.27. The summed E-state index contributed by atoms with van der Waals surface area (Å²) in [5.41, 5.74) is 10.4. The van der Waals surface area contributed by atoms with Gasteiger partial charge in [0.05, 0.1) is 16.9 Å². The number of fused-ring (bicyclic) bond motifs is 4. The first-order chi connectivity index (χ1) is 13.7. The van der Waals surface area contributed by atoms with Crippen molar-refractivity contribution in [2.75, 3.05) is 37.0 Å². The van der Waals surface area contributed by atoms with Crippen LogP contribution >= 0.6 is 0 Å². The summed E-state index contributed by atoms with van der Waals surface area (Å²) >= 11 is 0. The first kappa shape index (κ1) is 14.7. The van der Waals surface area contributed by atoms with Crippen LogP contribution < -0.4 is 9.80 Å². The number of rotatable bonds is 0. The Morgan fingerprint density at radius 2 is 1.61 bits per heavy atom. The average molecular weight is 369 g/mol. The summed E-state index contributed by atoms with van der Waals surface area (Å²) in [6.07, 6.45) is 6.20. The molecule has 0 saturated heterocycles. The highest BCUT2D eigenvalue weighted by atomic mass is 16.3. The Hall–Kier alpha value is -3.28. The van der Waals surface area contributed by atoms with Crippen molar-refractivity contribution < 1.29 is 4.42 Å². The molecule has 2 aliphatic rings. The average Bonchev–Trinajstić information content (AvgIpc) is 3.32. The Labute approximate surface area is 160 Å². The highest BCUT2D eigenvalue weighted by Crippen LogP contribution is 2.42. The van der Waals surface area contributed by atoms with Crippen LogP contribution in [0.2, 0.25) is 0 Å². The van der Waals surface area contributed by atoms with Gasteiger partial charge in [0, 0.05) is 62.5 Å². The fourth-order valence-electron chi connectivity index (χ4n) is 5.01. The number of hydrogen-bond donors (Lipinski definition) is 1. The van der Waals surface area contributed by atoms with E-state index in [1.807, 2.05) is 6.20 Å². The largest absolute Gasteiger partial charge is 0.452 e. The van der Waals surface area contributed by atoms with E-state index < -0.39 is 0 Å². The van der Waals surface area contributed by atoms with Gasteiger partial charge in [-0.15, -0.1) is 0 Å². The highest BCUT2D eigenvalue weighted by Gasteiger charge is 2.25. The Kier molecular flexibility index (Phi) is 2.51. The van der Waals surface area contributed by atoms with Gasteiger partial charge < -0.3 is 19.2 Å². The molecule has 0 amide bonds. The maximum absolute atomic E-state index is 6.43. The second-order valence-electron chi connectivity index (χ2n) is 8.11. The summed E-state index contributed by atoms with van der Waals surface area (Å²) in [6, 6.07) is 4.28. The Morgan fingerprint density at radius 3 is 2.43 bits per heavy atom. The van der Waals surface area contributed by atoms with Crippen LogP contribution in [-0.2, 0) is 12.8 Å². The second-order valence-corrected chi connectivity index (χ2v) is 8.11. The normalized spacial score (nSPS) is 16.2. The topological polar surface area (TPSA) is 61.2 Å². The van der Waals surface area contributed by atoms with Gasteiger partial charge >= 0.3 is 0 Å². The second kappa shape index (κ2) is 4.76. The highest BCUT2D eigenvalue weighted by molar-refractivity contribution is 6.15. The van der Waals surface area contributed by atoms with Gasteiger partial charge in [-0.3, -0.25) is 4.98 Å². The molecule has 3 aromatic heterocycles. The van der Waals surface area contributed by atoms with Crippen molar-refractivity contribution in [2.45, 2.75) is 12.8 Å². The van der Waals surface area contributed by atoms with E-state index in [0.29, 0.717) is 0 Å². The molecule has 0 saturated carbocycles. The quantitative estimate of drug-likeness (QED) is 0.418. The van der Waals surface area contributed by atoms with Gasteiger partial charge in [0.25, 0.3) is 0 Å². The minimum atomic E-state index is 0.796. The van der Waals surface area contributed by atoms with Crippen LogP contribution in [0.25, 0.3) is 44.0 Å². The minimum Gasteiger partial charge on any atom is -0.452 e. The molecule has 6 heteroatoms. The monoisotopic (exact) mass is 369 g/mol. The Balaban J connectivity index is 1.67. The van der Waals surface area contributed by atoms with Crippen LogP contribution in [0, 0.1) is 0 Å². The molecule has 0 fully saturated rings. The SMILES string of the molecule is CN1CCc2cnc3c2c1cc1oc2cc4c5c(c[nH]c5c2nc13)CCN4C. The van der Waals surface area contributed by atoms with E-state index in [1.54, 1.807) is 0 Å². The van der Waals surface area contributed by atoms with Crippen LogP contribution in [0.15, 0.2) is 28.9 Å². The number of benzene rings is 2. The summed E-state index contributed by atoms with van der Waals surface area (Å²) in [5.74, 6) is 0. The molecule has 0 radical (unpaired) electrons. The van der Waals surface area contributed by atoms with Crippen molar-refractivity contribution in [2.24, 2.45) is 0 Å². The number of H-pyrrole nitrogens is 1. The van der Waals surface area contributed by atoms with Crippen molar-refractivity contribution in [1.82, 2.24) is 15.0 Å². The van der Waals surface area contributed by atoms with E-state index >= 15 is 0 Å². The van der Waals surface area contributed by atoms with Crippen LogP contribution in [0.3, 0.4) is 0 Å². The van der Waals surface area contributed by atoms with Crippen molar-refractivity contribution in [3.8, 4) is 0 Å². The van der Waals surface area contributed by atoms with E-state index in [1.165, 1.54) is 33.3 Å². The smallest absolute Gasteiger partial charge is 0.157 e. The number of nitrogens with one attached hydrogen (secondary N) is 1. The van der Waals surface area contributed by atoms with Crippen LogP contribution in [-0.4, -0.2) is 42.1 Å². The standard InChI is InChI=1S/C22H19N5O/c1-26-5-3-11-9-23-21-17(11)13(26)7-15-19(21)25-20-16(28-15)8-14-18-12(4-6-27(14)2)10-24-22(18)20/h7-10,23H,3-6H2,1-2H3. The molecular formula is C22H19N5O. The van der Waals surface area contributed by atoms with Gasteiger partial charge in [-0.25, -0.2) is 4.98 Å². The number of hydrogen-bond acceptors (Lipinski definition) is 5. The molecular weight excluding hydrogens is 350 g/mol. The van der Waals surface area contributed by atoms with E-state index in [0.717, 1.165) is 59.2 Å². The molecule has 5 heterocycles. The summed E-state index contributed by atoms with van der Waals surface area (Å²) in [4.78, 5) is 17.9. The van der Waals surface area contributed by atoms with E-state index in [9.17, 15) is 0 Å². The molecule has 5 aromatic rings. The Morgan fingerprint density at radius 1 is 0.893 bits per heavy atom. The maximum atomic E-state index is 6.43. The lowest BCUT2D eigenvalue weighted by atomic mass is 10.0. The zero-order valence-electron chi connectivity index (χ0n) is 15.8. The molecule has 138 valence electrons. The zero-order chi connectivity index (χ0) is 18.6. The lowest BCUT2D eigenvalue weighted by molar-refractivity contribution is 0.657. The van der Waals surface area contributed by atoms with E-state index in [2.05, 4.69) is 47.2 Å². The van der Waals surface area contributed by atoms with Gasteiger partial charge in [-0.2, -0.15) is 0 Å². The fourth-order valence-corrected chi connectivity index (χ4v) is 5.01. The van der Waals surface area contributed by atoms with Gasteiger partial charge in [-0.05, 0) is 24.0 Å². The van der Waals surface area contributed by atoms with Crippen LogP contribution in [0.5, 0.6) is 0 Å². The fraction of sp³-hybridized carbons (Fsp3) is 0.273. The van der Waals surface area contributed by atoms with E-state index in [-0.39, 0.29) is 0 Å². The van der Waals surface area contributed by atoms with Gasteiger partial charge in [0.1, 0.15) is 16.6 Å². The van der Waals surface area contributed by atoms with Gasteiger partial charge in [0.15, 0.2) is 11.2 Å². The first-order valence-electron chi connectivity index (χ1n) is 9.79. The maximum Gasteiger partial charge on any atom is 0.157 e. The molecule has 0 spiro atoms. The molecule has 0 aliphatic carbocycles. The molecule has 7 rings (SSSR count).